The third-order valence-corrected chi connectivity index (χ3v) is 3.82. The second-order valence-electron chi connectivity index (χ2n) is 3.20. The second-order valence-corrected chi connectivity index (χ2v) is 5.14. The van der Waals surface area contributed by atoms with E-state index in [2.05, 4.69) is 41.0 Å². The molecule has 0 radical (unpaired) electrons. The Hall–Kier alpha value is -1.53. The van der Waals surface area contributed by atoms with Crippen LogP contribution in [-0.4, -0.2) is 10.4 Å². The van der Waals surface area contributed by atoms with E-state index in [0.29, 0.717) is 0 Å². The van der Waals surface area contributed by atoms with Crippen molar-refractivity contribution in [3.63, 3.8) is 0 Å². The van der Waals surface area contributed by atoms with E-state index >= 15 is 0 Å². The Morgan fingerprint density at radius 3 is 2.71 bits per heavy atom. The molecule has 2 aromatic rings. The first-order chi connectivity index (χ1) is 8.27. The van der Waals surface area contributed by atoms with E-state index in [-0.39, 0.29) is 4.92 Å². The summed E-state index contributed by atoms with van der Waals surface area (Å²) < 4.78 is 1.37. The van der Waals surface area contributed by atoms with Gasteiger partial charge in [0.15, 0.2) is 0 Å². The maximum absolute atomic E-state index is 9.88. The van der Waals surface area contributed by atoms with Gasteiger partial charge in [-0.2, -0.15) is 0 Å². The van der Waals surface area contributed by atoms with E-state index in [4.69, 9.17) is 0 Å². The van der Waals surface area contributed by atoms with Crippen LogP contribution in [-0.2, 0) is 0 Å². The Labute approximate surface area is 106 Å². The monoisotopic (exact) mass is 266 g/mol. The molecule has 1 aromatic heterocycles. The van der Waals surface area contributed by atoms with Crippen LogP contribution in [0, 0.1) is 10.1 Å². The van der Waals surface area contributed by atoms with Crippen LogP contribution in [0.3, 0.4) is 0 Å². The molecule has 1 aliphatic rings. The topological polar surface area (TPSA) is 55.2 Å². The van der Waals surface area contributed by atoms with E-state index in [1.54, 1.807) is 22.9 Å². The highest BCUT2D eigenvalue weighted by Crippen LogP contribution is 2.18. The van der Waals surface area contributed by atoms with Crippen LogP contribution in [0.2, 0.25) is 0 Å². The maximum Gasteiger partial charge on any atom is 0.336 e. The van der Waals surface area contributed by atoms with E-state index in [0.717, 1.165) is 11.8 Å². The van der Waals surface area contributed by atoms with Crippen LogP contribution in [0.5, 0.6) is 0 Å². The predicted molar refractivity (Wildman–Crippen MR) is 72.5 cm³/mol. The van der Waals surface area contributed by atoms with Gasteiger partial charge in [-0.1, -0.05) is 18.2 Å². The molecule has 0 aliphatic carbocycles. The molecule has 3 rings (SSSR count). The van der Waals surface area contributed by atoms with Gasteiger partial charge in [-0.3, -0.25) is 10.1 Å². The molecule has 1 aromatic carbocycles. The van der Waals surface area contributed by atoms with Gasteiger partial charge in [0, 0.05) is 10.9 Å². The van der Waals surface area contributed by atoms with Crippen molar-refractivity contribution >= 4 is 33.2 Å². The number of fused-ring (bicyclic) bond motifs is 1. The van der Waals surface area contributed by atoms with Gasteiger partial charge in [0.2, 0.25) is 0 Å². The fourth-order valence-electron chi connectivity index (χ4n) is 1.29. The highest BCUT2D eigenvalue weighted by atomic mass is 32.2. The van der Waals surface area contributed by atoms with Crippen LogP contribution < -0.4 is 5.32 Å². The third-order valence-electron chi connectivity index (χ3n) is 2.07. The molecule has 6 heteroatoms. The Kier molecular flexibility index (Phi) is 4.00. The average molecular weight is 266 g/mol. The van der Waals surface area contributed by atoms with E-state index in [9.17, 15) is 10.1 Å². The Morgan fingerprint density at radius 2 is 2.12 bits per heavy atom. The Morgan fingerprint density at radius 1 is 1.29 bits per heavy atom. The molecule has 4 nitrogen and oxygen atoms in total. The minimum Gasteiger partial charge on any atom is -0.320 e. The lowest BCUT2D eigenvalue weighted by Crippen LogP contribution is -2.25. The number of thiophene rings is 1. The molecule has 0 amide bonds. The summed E-state index contributed by atoms with van der Waals surface area (Å²) in [6.07, 6.45) is 1.57. The molecule has 0 spiro atoms. The molecule has 0 saturated carbocycles. The lowest BCUT2D eigenvalue weighted by molar-refractivity contribution is -0.498. The molecule has 0 bridgehead atoms. The van der Waals surface area contributed by atoms with Crippen molar-refractivity contribution in [1.82, 2.24) is 5.32 Å². The maximum atomic E-state index is 9.88. The van der Waals surface area contributed by atoms with Crippen LogP contribution in [0.4, 0.5) is 0 Å². The summed E-state index contributed by atoms with van der Waals surface area (Å²) in [6.45, 7) is 0. The van der Waals surface area contributed by atoms with Gasteiger partial charge < -0.3 is 5.32 Å². The molecular weight excluding hydrogens is 256 g/mol. The molecule has 2 heterocycles. The van der Waals surface area contributed by atoms with Gasteiger partial charge in [-0.15, -0.1) is 11.3 Å². The molecule has 88 valence electrons. The summed E-state index contributed by atoms with van der Waals surface area (Å²) in [5.74, 6) is 0. The first-order valence-electron chi connectivity index (χ1n) is 4.89. The number of thioether (sulfide) groups is 1. The quantitative estimate of drug-likeness (QED) is 0.636. The predicted octanol–water partition coefficient (Wildman–Crippen LogP) is 3.26. The van der Waals surface area contributed by atoms with Crippen molar-refractivity contribution in [2.75, 3.05) is 0 Å². The summed E-state index contributed by atoms with van der Waals surface area (Å²) in [7, 11) is 0. The van der Waals surface area contributed by atoms with Crippen LogP contribution >= 0.6 is 23.1 Å². The standard InChI is InChI=1S/C8H6S.C3H4N2O2S/c1-2-4-8-7(3-1)5-6-9-8;6-5(7)3-4-1-2-8-3/h1-6H;1-4H. The molecule has 0 fully saturated rings. The molecule has 17 heavy (non-hydrogen) atoms. The zero-order valence-corrected chi connectivity index (χ0v) is 10.4. The Bertz CT molecular complexity index is 501. The van der Waals surface area contributed by atoms with Gasteiger partial charge in [0.05, 0.1) is 4.92 Å². The lowest BCUT2D eigenvalue weighted by atomic mass is 10.3. The van der Waals surface area contributed by atoms with Crippen molar-refractivity contribution in [3.05, 3.63) is 57.4 Å². The van der Waals surface area contributed by atoms with Gasteiger partial charge >= 0.3 is 5.50 Å². The first-order valence-corrected chi connectivity index (χ1v) is 6.72. The lowest BCUT2D eigenvalue weighted by Gasteiger charge is -1.97. The van der Waals surface area contributed by atoms with Crippen LogP contribution in [0.25, 0.3) is 10.1 Å². The fourth-order valence-corrected chi connectivity index (χ4v) is 2.64. The summed E-state index contributed by atoms with van der Waals surface area (Å²) in [6, 6.07) is 10.5. The number of nitrogens with one attached hydrogen (secondary N) is 1. The largest absolute Gasteiger partial charge is 0.336 e. The highest BCUT2D eigenvalue weighted by Gasteiger charge is 2.19. The van der Waals surface area contributed by atoms with E-state index in [1.165, 1.54) is 10.1 Å². The molecule has 1 aliphatic heterocycles. The zero-order chi connectivity index (χ0) is 12.1. The minimum atomic E-state index is -0.657. The second kappa shape index (κ2) is 5.70. The number of rotatable bonds is 1. The fraction of sp³-hybridized carbons (Fsp3) is 0.0909. The summed E-state index contributed by atoms with van der Waals surface area (Å²) >= 11 is 2.95. The van der Waals surface area contributed by atoms with Gasteiger partial charge in [0.1, 0.15) is 0 Å². The molecule has 0 saturated heterocycles. The van der Waals surface area contributed by atoms with Gasteiger partial charge in [-0.05, 0) is 40.1 Å². The minimum absolute atomic E-state index is 0.370. The normalized spacial score (nSPS) is 17.3. The van der Waals surface area contributed by atoms with Crippen molar-refractivity contribution in [2.24, 2.45) is 0 Å². The Balaban J connectivity index is 0.000000128. The molecular formula is C11H10N2O2S2. The van der Waals surface area contributed by atoms with E-state index < -0.39 is 5.50 Å². The van der Waals surface area contributed by atoms with Crippen LogP contribution in [0.15, 0.2) is 47.3 Å². The molecule has 1 atom stereocenters. The number of hydrogen-bond donors (Lipinski definition) is 1. The van der Waals surface area contributed by atoms with Gasteiger partial charge in [-0.25, -0.2) is 0 Å². The summed E-state index contributed by atoms with van der Waals surface area (Å²) in [5.41, 5.74) is -0.657. The summed E-state index contributed by atoms with van der Waals surface area (Å²) in [5, 5.41) is 17.5. The molecule has 1 unspecified atom stereocenters. The van der Waals surface area contributed by atoms with E-state index in [1.807, 2.05) is 0 Å². The summed E-state index contributed by atoms with van der Waals surface area (Å²) in [4.78, 5) is 9.51. The van der Waals surface area contributed by atoms with Gasteiger partial charge in [0.25, 0.3) is 0 Å². The zero-order valence-electron chi connectivity index (χ0n) is 8.78. The average Bonchev–Trinajstić information content (AvgIpc) is 3.01. The van der Waals surface area contributed by atoms with Crippen molar-refractivity contribution < 1.29 is 4.92 Å². The number of nitrogens with zero attached hydrogens (tertiary/aromatic N) is 1. The first kappa shape index (κ1) is 11.9. The molecule has 1 N–H and O–H groups in total. The number of hydrogen-bond acceptors (Lipinski definition) is 5. The highest BCUT2D eigenvalue weighted by molar-refractivity contribution is 8.02. The van der Waals surface area contributed by atoms with Crippen molar-refractivity contribution in [3.8, 4) is 0 Å². The smallest absolute Gasteiger partial charge is 0.320 e. The van der Waals surface area contributed by atoms with Crippen LogP contribution in [0.1, 0.15) is 0 Å². The SMILES string of the molecule is O=[N+]([O-])C1NC=CS1.c1ccc2sccc2c1. The third kappa shape index (κ3) is 3.21. The van der Waals surface area contributed by atoms with Crippen molar-refractivity contribution in [2.45, 2.75) is 5.50 Å². The van der Waals surface area contributed by atoms with Crippen molar-refractivity contribution in [1.29, 1.82) is 0 Å². The number of benzene rings is 1. The number of nitro groups is 1.